The molecule has 2 aliphatic rings. The first-order valence-electron chi connectivity index (χ1n) is 6.09. The molecule has 1 aliphatic heterocycles. The van der Waals surface area contributed by atoms with Gasteiger partial charge >= 0.3 is 0 Å². The highest BCUT2D eigenvalue weighted by molar-refractivity contribution is 9.10. The molecule has 8 heteroatoms. The number of hydrogen-bond donors (Lipinski definition) is 2. The normalized spacial score (nSPS) is 27.6. The predicted molar refractivity (Wildman–Crippen MR) is 81.9 cm³/mol. The van der Waals surface area contributed by atoms with Gasteiger partial charge in [-0.05, 0) is 43.1 Å². The van der Waals surface area contributed by atoms with Gasteiger partial charge in [-0.25, -0.2) is 13.1 Å². The lowest BCUT2D eigenvalue weighted by Crippen LogP contribution is -2.32. The number of nitrogens with one attached hydrogen (secondary N) is 2. The van der Waals surface area contributed by atoms with Crippen LogP contribution in [0.5, 0.6) is 5.75 Å². The highest BCUT2D eigenvalue weighted by atomic mass is 79.9. The van der Waals surface area contributed by atoms with Crippen LogP contribution in [0, 0.1) is 11.8 Å². The number of piperidine rings is 1. The summed E-state index contributed by atoms with van der Waals surface area (Å²) < 4.78 is 33.5. The Hall–Kier alpha value is -0.340. The fraction of sp³-hybridized carbons (Fsp3) is 0.500. The third kappa shape index (κ3) is 2.82. The molecule has 0 spiro atoms. The van der Waals surface area contributed by atoms with Crippen LogP contribution >= 0.6 is 28.3 Å². The summed E-state index contributed by atoms with van der Waals surface area (Å²) in [4.78, 5) is 0.183. The second-order valence-electron chi connectivity index (χ2n) is 4.93. The zero-order valence-electron chi connectivity index (χ0n) is 10.8. The van der Waals surface area contributed by atoms with Gasteiger partial charge in [0.2, 0.25) is 10.0 Å². The number of sulfonamides is 1. The third-order valence-electron chi connectivity index (χ3n) is 3.80. The molecule has 1 saturated heterocycles. The first-order valence-corrected chi connectivity index (χ1v) is 8.37. The lowest BCUT2D eigenvalue weighted by Gasteiger charge is -2.12. The van der Waals surface area contributed by atoms with Gasteiger partial charge in [0.15, 0.2) is 0 Å². The molecule has 1 aliphatic carbocycles. The molecule has 0 radical (unpaired) electrons. The van der Waals surface area contributed by atoms with Crippen molar-refractivity contribution in [3.05, 3.63) is 22.7 Å². The SMILES string of the molecule is COc1ccc(Br)cc1S(=O)(=O)NC1C2CNCC21.Cl. The maximum atomic E-state index is 12.4. The molecule has 1 aromatic rings. The highest BCUT2D eigenvalue weighted by Gasteiger charge is 2.54. The van der Waals surface area contributed by atoms with Gasteiger partial charge in [0, 0.05) is 10.5 Å². The number of benzene rings is 1. The Balaban J connectivity index is 0.00000147. The van der Waals surface area contributed by atoms with Gasteiger partial charge in [0.1, 0.15) is 10.6 Å². The van der Waals surface area contributed by atoms with Gasteiger partial charge in [-0.1, -0.05) is 15.9 Å². The fourth-order valence-electron chi connectivity index (χ4n) is 2.70. The number of ether oxygens (including phenoxy) is 1. The monoisotopic (exact) mass is 382 g/mol. The standard InChI is InChI=1S/C12H15BrN2O3S.ClH/c1-18-10-3-2-7(13)4-11(10)19(16,17)15-12-8-5-14-6-9(8)12;/h2-4,8-9,12,14-15H,5-6H2,1H3;1H. The molecule has 2 unspecified atom stereocenters. The van der Waals surface area contributed by atoms with E-state index in [1.165, 1.54) is 7.11 Å². The molecular formula is C12H16BrClN2O3S. The summed E-state index contributed by atoms with van der Waals surface area (Å²) >= 11 is 3.29. The van der Waals surface area contributed by atoms with Crippen molar-refractivity contribution in [1.29, 1.82) is 0 Å². The van der Waals surface area contributed by atoms with Crippen molar-refractivity contribution in [2.75, 3.05) is 20.2 Å². The van der Waals surface area contributed by atoms with Gasteiger partial charge in [0.05, 0.1) is 7.11 Å². The van der Waals surface area contributed by atoms with E-state index >= 15 is 0 Å². The summed E-state index contributed by atoms with van der Waals surface area (Å²) in [6, 6.07) is 5.04. The van der Waals surface area contributed by atoms with E-state index in [1.54, 1.807) is 18.2 Å². The molecule has 0 aromatic heterocycles. The number of fused-ring (bicyclic) bond motifs is 1. The van der Waals surface area contributed by atoms with Gasteiger partial charge < -0.3 is 10.1 Å². The van der Waals surface area contributed by atoms with Crippen molar-refractivity contribution in [3.63, 3.8) is 0 Å². The van der Waals surface area contributed by atoms with Crippen LogP contribution in [0.25, 0.3) is 0 Å². The number of hydrogen-bond acceptors (Lipinski definition) is 4. The van der Waals surface area contributed by atoms with Crippen LogP contribution in [0.4, 0.5) is 0 Å². The lowest BCUT2D eigenvalue weighted by molar-refractivity contribution is 0.402. The summed E-state index contributed by atoms with van der Waals surface area (Å²) in [6.07, 6.45) is 0. The molecule has 20 heavy (non-hydrogen) atoms. The van der Waals surface area contributed by atoms with Crippen LogP contribution in [-0.2, 0) is 10.0 Å². The molecule has 0 amide bonds. The van der Waals surface area contributed by atoms with E-state index in [-0.39, 0.29) is 23.3 Å². The predicted octanol–water partition coefficient (Wildman–Crippen LogP) is 1.38. The van der Waals surface area contributed by atoms with E-state index < -0.39 is 10.0 Å². The van der Waals surface area contributed by atoms with Crippen LogP contribution < -0.4 is 14.8 Å². The Morgan fingerprint density at radius 2 is 2.00 bits per heavy atom. The van der Waals surface area contributed by atoms with Crippen molar-refractivity contribution < 1.29 is 13.2 Å². The van der Waals surface area contributed by atoms with Crippen molar-refractivity contribution >= 4 is 38.4 Å². The molecular weight excluding hydrogens is 368 g/mol. The Kier molecular flexibility index (Phi) is 4.66. The van der Waals surface area contributed by atoms with Crippen LogP contribution in [0.2, 0.25) is 0 Å². The van der Waals surface area contributed by atoms with Crippen LogP contribution in [-0.4, -0.2) is 34.7 Å². The largest absolute Gasteiger partial charge is 0.495 e. The van der Waals surface area contributed by atoms with Gasteiger partial charge in [-0.15, -0.1) is 12.4 Å². The average Bonchev–Trinajstić information content (AvgIpc) is 2.82. The maximum absolute atomic E-state index is 12.4. The van der Waals surface area contributed by atoms with Crippen LogP contribution in [0.15, 0.2) is 27.6 Å². The lowest BCUT2D eigenvalue weighted by atomic mass is 10.3. The first kappa shape index (κ1) is 16.0. The number of halogens is 2. The molecule has 2 fully saturated rings. The molecule has 2 N–H and O–H groups in total. The average molecular weight is 384 g/mol. The third-order valence-corrected chi connectivity index (χ3v) is 5.77. The van der Waals surface area contributed by atoms with Crippen molar-refractivity contribution in [2.24, 2.45) is 11.8 Å². The summed E-state index contributed by atoms with van der Waals surface area (Å²) in [5, 5.41) is 3.24. The second-order valence-corrected chi connectivity index (χ2v) is 7.53. The summed E-state index contributed by atoms with van der Waals surface area (Å²) in [7, 11) is -2.07. The molecule has 1 saturated carbocycles. The molecule has 3 rings (SSSR count). The summed E-state index contributed by atoms with van der Waals surface area (Å²) in [6.45, 7) is 1.79. The maximum Gasteiger partial charge on any atom is 0.244 e. The van der Waals surface area contributed by atoms with E-state index in [2.05, 4.69) is 26.0 Å². The molecule has 5 nitrogen and oxygen atoms in total. The number of rotatable bonds is 4. The smallest absolute Gasteiger partial charge is 0.244 e. The van der Waals surface area contributed by atoms with Crippen molar-refractivity contribution in [2.45, 2.75) is 10.9 Å². The van der Waals surface area contributed by atoms with Crippen molar-refractivity contribution in [1.82, 2.24) is 10.0 Å². The zero-order valence-corrected chi connectivity index (χ0v) is 14.0. The Morgan fingerprint density at radius 3 is 2.60 bits per heavy atom. The Bertz CT molecular complexity index is 601. The van der Waals surface area contributed by atoms with E-state index in [0.29, 0.717) is 22.1 Å². The molecule has 112 valence electrons. The Morgan fingerprint density at radius 1 is 1.35 bits per heavy atom. The van der Waals surface area contributed by atoms with Crippen LogP contribution in [0.3, 0.4) is 0 Å². The van der Waals surface area contributed by atoms with E-state index in [9.17, 15) is 8.42 Å². The van der Waals surface area contributed by atoms with Gasteiger partial charge in [-0.3, -0.25) is 0 Å². The minimum Gasteiger partial charge on any atom is -0.495 e. The minimum absolute atomic E-state index is 0. The number of methoxy groups -OCH3 is 1. The van der Waals surface area contributed by atoms with E-state index in [0.717, 1.165) is 13.1 Å². The fourth-order valence-corrected chi connectivity index (χ4v) is 4.74. The summed E-state index contributed by atoms with van der Waals surface area (Å²) in [5.74, 6) is 1.24. The second kappa shape index (κ2) is 5.81. The van der Waals surface area contributed by atoms with E-state index in [4.69, 9.17) is 4.74 Å². The minimum atomic E-state index is -3.54. The zero-order chi connectivity index (χ0) is 13.6. The van der Waals surface area contributed by atoms with Gasteiger partial charge in [-0.2, -0.15) is 0 Å². The molecule has 2 atom stereocenters. The summed E-state index contributed by atoms with van der Waals surface area (Å²) in [5.41, 5.74) is 0. The highest BCUT2D eigenvalue weighted by Crippen LogP contribution is 2.42. The topological polar surface area (TPSA) is 67.4 Å². The van der Waals surface area contributed by atoms with E-state index in [1.807, 2.05) is 0 Å². The van der Waals surface area contributed by atoms with Gasteiger partial charge in [0.25, 0.3) is 0 Å². The molecule has 0 bridgehead atoms. The first-order chi connectivity index (χ1) is 9.03. The van der Waals surface area contributed by atoms with Crippen LogP contribution in [0.1, 0.15) is 0 Å². The Labute approximate surface area is 133 Å². The quantitative estimate of drug-likeness (QED) is 0.824. The molecule has 1 heterocycles. The molecule has 1 aromatic carbocycles. The van der Waals surface area contributed by atoms with Crippen molar-refractivity contribution in [3.8, 4) is 5.75 Å².